The number of ether oxygens (including phenoxy) is 1. The summed E-state index contributed by atoms with van der Waals surface area (Å²) < 4.78 is 19.3. The molecule has 0 spiro atoms. The van der Waals surface area contributed by atoms with E-state index in [-0.39, 0.29) is 5.82 Å². The maximum absolute atomic E-state index is 13.2. The smallest absolute Gasteiger partial charge is 0.166 e. The van der Waals surface area contributed by atoms with E-state index in [0.29, 0.717) is 18.3 Å². The van der Waals surface area contributed by atoms with E-state index in [4.69, 9.17) is 4.74 Å². The van der Waals surface area contributed by atoms with Crippen LogP contribution in [0.1, 0.15) is 13.8 Å². The van der Waals surface area contributed by atoms with Crippen molar-refractivity contribution in [3.8, 4) is 5.75 Å². The van der Waals surface area contributed by atoms with Gasteiger partial charge in [-0.3, -0.25) is 0 Å². The average molecular weight is 294 g/mol. The Morgan fingerprint density at radius 1 is 1.46 bits per heavy atom. The quantitative estimate of drug-likeness (QED) is 0.776. The summed E-state index contributed by atoms with van der Waals surface area (Å²) >= 11 is 2.07. The molecule has 0 aromatic heterocycles. The van der Waals surface area contributed by atoms with E-state index in [2.05, 4.69) is 22.6 Å². The van der Waals surface area contributed by atoms with Gasteiger partial charge in [-0.25, -0.2) is 4.39 Å². The van der Waals surface area contributed by atoms with Crippen molar-refractivity contribution in [2.75, 3.05) is 6.61 Å². The van der Waals surface area contributed by atoms with Gasteiger partial charge in [-0.05, 0) is 46.7 Å². The maximum atomic E-state index is 13.2. The topological polar surface area (TPSA) is 9.23 Å². The minimum absolute atomic E-state index is 0.285. The lowest BCUT2D eigenvalue weighted by molar-refractivity contribution is 0.259. The molecule has 0 fully saturated rings. The molecule has 1 aromatic rings. The highest BCUT2D eigenvalue weighted by Gasteiger charge is 2.04. The van der Waals surface area contributed by atoms with Crippen molar-refractivity contribution in [1.29, 1.82) is 0 Å². The highest BCUT2D eigenvalue weighted by atomic mass is 127. The van der Waals surface area contributed by atoms with E-state index < -0.39 is 0 Å². The predicted octanol–water partition coefficient (Wildman–Crippen LogP) is 3.47. The molecule has 13 heavy (non-hydrogen) atoms. The number of hydrogen-bond donors (Lipinski definition) is 0. The molecule has 0 aliphatic rings. The van der Waals surface area contributed by atoms with Crippen LogP contribution in [-0.4, -0.2) is 6.61 Å². The molecule has 1 aromatic carbocycles. The Kier molecular flexibility index (Phi) is 3.96. The molecular weight excluding hydrogens is 282 g/mol. The molecule has 0 aliphatic carbocycles. The second-order valence-electron chi connectivity index (χ2n) is 3.28. The zero-order valence-electron chi connectivity index (χ0n) is 7.68. The van der Waals surface area contributed by atoms with Gasteiger partial charge in [0.05, 0.1) is 6.61 Å². The summed E-state index contributed by atoms with van der Waals surface area (Å²) in [5.41, 5.74) is 0. The molecule has 0 saturated heterocycles. The van der Waals surface area contributed by atoms with Crippen LogP contribution in [0.2, 0.25) is 0 Å². The minimum Gasteiger partial charge on any atom is -0.490 e. The van der Waals surface area contributed by atoms with Crippen molar-refractivity contribution in [2.45, 2.75) is 13.8 Å². The molecule has 0 bridgehead atoms. The Labute approximate surface area is 91.4 Å². The molecule has 0 radical (unpaired) electrons. The van der Waals surface area contributed by atoms with Gasteiger partial charge >= 0.3 is 0 Å². The van der Waals surface area contributed by atoms with Crippen LogP contribution in [0, 0.1) is 15.3 Å². The third kappa shape index (κ3) is 3.50. The fourth-order valence-electron chi connectivity index (χ4n) is 0.849. The molecule has 0 aliphatic heterocycles. The summed E-state index contributed by atoms with van der Waals surface area (Å²) in [5.74, 6) is 0.473. The van der Waals surface area contributed by atoms with Gasteiger partial charge in [0.2, 0.25) is 0 Å². The monoisotopic (exact) mass is 294 g/mol. The van der Waals surface area contributed by atoms with Crippen LogP contribution in [0.5, 0.6) is 5.75 Å². The molecule has 1 nitrogen and oxygen atoms in total. The van der Waals surface area contributed by atoms with Crippen molar-refractivity contribution < 1.29 is 9.13 Å². The van der Waals surface area contributed by atoms with Gasteiger partial charge in [-0.1, -0.05) is 13.8 Å². The van der Waals surface area contributed by atoms with E-state index in [0.717, 1.165) is 3.57 Å². The Morgan fingerprint density at radius 3 is 2.69 bits per heavy atom. The van der Waals surface area contributed by atoms with E-state index in [1.165, 1.54) is 6.07 Å². The van der Waals surface area contributed by atoms with E-state index in [1.54, 1.807) is 6.07 Å². The molecule has 3 heteroatoms. The summed E-state index contributed by atoms with van der Waals surface area (Å²) in [6.45, 7) is 4.62. The summed E-state index contributed by atoms with van der Waals surface area (Å²) in [6.07, 6.45) is 0. The first-order chi connectivity index (χ1) is 6.09. The number of benzene rings is 1. The standard InChI is InChI=1S/C10H12FIO/c1-7(2)6-13-10-4-3-8(12)5-9(10)11/h3-5,7H,6H2,1-2H3. The molecule has 0 atom stereocenters. The molecule has 72 valence electrons. The third-order valence-corrected chi connectivity index (χ3v) is 2.14. The molecular formula is C10H12FIO. The zero-order valence-corrected chi connectivity index (χ0v) is 9.84. The van der Waals surface area contributed by atoms with Crippen molar-refractivity contribution in [3.05, 3.63) is 27.6 Å². The molecule has 0 N–H and O–H groups in total. The first-order valence-electron chi connectivity index (χ1n) is 4.17. The van der Waals surface area contributed by atoms with E-state index >= 15 is 0 Å². The lowest BCUT2D eigenvalue weighted by Gasteiger charge is -2.09. The SMILES string of the molecule is CC(C)COc1ccc(I)cc1F. The van der Waals surface area contributed by atoms with Crippen molar-refractivity contribution in [3.63, 3.8) is 0 Å². The van der Waals surface area contributed by atoms with Crippen LogP contribution in [0.4, 0.5) is 4.39 Å². The van der Waals surface area contributed by atoms with Crippen LogP contribution < -0.4 is 4.74 Å². The van der Waals surface area contributed by atoms with Gasteiger partial charge in [0, 0.05) is 3.57 Å². The summed E-state index contributed by atoms with van der Waals surface area (Å²) in [7, 11) is 0. The summed E-state index contributed by atoms with van der Waals surface area (Å²) in [6, 6.07) is 4.97. The molecule has 0 saturated carbocycles. The van der Waals surface area contributed by atoms with E-state index in [9.17, 15) is 4.39 Å². The van der Waals surface area contributed by atoms with Gasteiger partial charge in [0.15, 0.2) is 11.6 Å². The third-order valence-electron chi connectivity index (χ3n) is 1.47. The van der Waals surface area contributed by atoms with Crippen LogP contribution in [0.25, 0.3) is 0 Å². The van der Waals surface area contributed by atoms with Crippen molar-refractivity contribution in [1.82, 2.24) is 0 Å². The highest BCUT2D eigenvalue weighted by molar-refractivity contribution is 14.1. The number of rotatable bonds is 3. The zero-order chi connectivity index (χ0) is 9.84. The van der Waals surface area contributed by atoms with Crippen molar-refractivity contribution >= 4 is 22.6 Å². The van der Waals surface area contributed by atoms with Gasteiger partial charge in [0.25, 0.3) is 0 Å². The first kappa shape index (κ1) is 10.8. The highest BCUT2D eigenvalue weighted by Crippen LogP contribution is 2.19. The van der Waals surface area contributed by atoms with E-state index in [1.807, 2.05) is 19.9 Å². The fourth-order valence-corrected chi connectivity index (χ4v) is 1.30. The van der Waals surface area contributed by atoms with Crippen LogP contribution >= 0.6 is 22.6 Å². The van der Waals surface area contributed by atoms with Gasteiger partial charge in [-0.2, -0.15) is 0 Å². The van der Waals surface area contributed by atoms with Gasteiger partial charge in [-0.15, -0.1) is 0 Å². The molecule has 0 amide bonds. The average Bonchev–Trinajstić information content (AvgIpc) is 2.02. The Balaban J connectivity index is 2.67. The molecule has 0 unspecified atom stereocenters. The summed E-state index contributed by atoms with van der Waals surface area (Å²) in [4.78, 5) is 0. The molecule has 1 rings (SSSR count). The maximum Gasteiger partial charge on any atom is 0.166 e. The first-order valence-corrected chi connectivity index (χ1v) is 5.25. The number of halogens is 2. The van der Waals surface area contributed by atoms with Crippen LogP contribution in [0.3, 0.4) is 0 Å². The number of hydrogen-bond acceptors (Lipinski definition) is 1. The Hall–Kier alpha value is -0.320. The fraction of sp³-hybridized carbons (Fsp3) is 0.400. The molecule has 0 heterocycles. The Bertz CT molecular complexity index is 286. The largest absolute Gasteiger partial charge is 0.490 e. The second-order valence-corrected chi connectivity index (χ2v) is 4.53. The lowest BCUT2D eigenvalue weighted by Crippen LogP contribution is -2.05. The predicted molar refractivity (Wildman–Crippen MR) is 59.5 cm³/mol. The van der Waals surface area contributed by atoms with Crippen LogP contribution in [-0.2, 0) is 0 Å². The van der Waals surface area contributed by atoms with Crippen LogP contribution in [0.15, 0.2) is 18.2 Å². The normalized spacial score (nSPS) is 10.5. The lowest BCUT2D eigenvalue weighted by atomic mass is 10.2. The van der Waals surface area contributed by atoms with Gasteiger partial charge in [0.1, 0.15) is 0 Å². The van der Waals surface area contributed by atoms with Gasteiger partial charge < -0.3 is 4.74 Å². The second kappa shape index (κ2) is 4.79. The summed E-state index contributed by atoms with van der Waals surface area (Å²) in [5, 5.41) is 0. The Morgan fingerprint density at radius 2 is 2.15 bits per heavy atom. The minimum atomic E-state index is -0.285. The van der Waals surface area contributed by atoms with Crippen molar-refractivity contribution in [2.24, 2.45) is 5.92 Å².